The van der Waals surface area contributed by atoms with Crippen molar-refractivity contribution in [3.63, 3.8) is 0 Å². The first-order chi connectivity index (χ1) is 15.3. The van der Waals surface area contributed by atoms with Gasteiger partial charge in [0.15, 0.2) is 0 Å². The molecule has 32 heavy (non-hydrogen) atoms. The lowest BCUT2D eigenvalue weighted by molar-refractivity contribution is -0.137. The number of benzene rings is 3. The number of methoxy groups -OCH3 is 1. The second-order valence-electron chi connectivity index (χ2n) is 7.58. The van der Waals surface area contributed by atoms with Gasteiger partial charge in [0.25, 0.3) is 0 Å². The lowest BCUT2D eigenvalue weighted by atomic mass is 10.0. The number of halogens is 4. The van der Waals surface area contributed by atoms with Crippen molar-refractivity contribution in [3.05, 3.63) is 99.7 Å². The first-order valence-electron chi connectivity index (χ1n) is 10.1. The second-order valence-corrected chi connectivity index (χ2v) is 7.99. The van der Waals surface area contributed by atoms with Crippen molar-refractivity contribution in [1.82, 2.24) is 10.3 Å². The van der Waals surface area contributed by atoms with Crippen LogP contribution in [0.4, 0.5) is 13.2 Å². The molecule has 1 aromatic heterocycles. The molecular weight excluding hydrogens is 437 g/mol. The van der Waals surface area contributed by atoms with Gasteiger partial charge in [-0.15, -0.1) is 0 Å². The molecule has 1 heterocycles. The number of H-pyrrole nitrogens is 1. The van der Waals surface area contributed by atoms with E-state index in [1.54, 1.807) is 13.2 Å². The molecule has 0 saturated carbocycles. The van der Waals surface area contributed by atoms with Crippen molar-refractivity contribution in [2.45, 2.75) is 25.7 Å². The summed E-state index contributed by atoms with van der Waals surface area (Å²) in [5.41, 5.74) is 4.02. The van der Waals surface area contributed by atoms with Gasteiger partial charge in [0.05, 0.1) is 17.7 Å². The first kappa shape index (κ1) is 22.2. The molecule has 3 aromatic carbocycles. The van der Waals surface area contributed by atoms with Gasteiger partial charge < -0.3 is 15.0 Å². The summed E-state index contributed by atoms with van der Waals surface area (Å²) in [6.45, 7) is 0.787. The van der Waals surface area contributed by atoms with Gasteiger partial charge in [0.2, 0.25) is 0 Å². The fourth-order valence-electron chi connectivity index (χ4n) is 3.81. The van der Waals surface area contributed by atoms with Crippen LogP contribution in [0.2, 0.25) is 5.02 Å². The number of ether oxygens (including phenoxy) is 1. The Labute approximate surface area is 189 Å². The molecular formula is C25H22ClF3N2O. The van der Waals surface area contributed by atoms with Crippen molar-refractivity contribution in [3.8, 4) is 5.75 Å². The van der Waals surface area contributed by atoms with Crippen LogP contribution in [0.3, 0.4) is 0 Å². The van der Waals surface area contributed by atoms with Gasteiger partial charge in [-0.1, -0.05) is 60.1 Å². The van der Waals surface area contributed by atoms with E-state index in [1.165, 1.54) is 12.1 Å². The largest absolute Gasteiger partial charge is 0.495 e. The Morgan fingerprint density at radius 3 is 2.41 bits per heavy atom. The SMILES string of the molecule is COc1cc2c(CNCc3cccc(C(F)(F)F)c3)c(Cc3ccccc3)[nH]c2cc1Cl. The highest BCUT2D eigenvalue weighted by molar-refractivity contribution is 6.32. The molecule has 0 saturated heterocycles. The molecule has 4 rings (SSSR count). The summed E-state index contributed by atoms with van der Waals surface area (Å²) in [7, 11) is 1.57. The minimum absolute atomic E-state index is 0.312. The minimum atomic E-state index is -4.36. The highest BCUT2D eigenvalue weighted by atomic mass is 35.5. The average molecular weight is 459 g/mol. The van der Waals surface area contributed by atoms with Gasteiger partial charge in [-0.05, 0) is 34.9 Å². The number of nitrogens with one attached hydrogen (secondary N) is 2. The molecule has 166 valence electrons. The number of aromatic amines is 1. The Bertz CT molecular complexity index is 1220. The molecule has 0 bridgehead atoms. The maximum absolute atomic E-state index is 13.0. The van der Waals surface area contributed by atoms with Gasteiger partial charge in [-0.25, -0.2) is 0 Å². The van der Waals surface area contributed by atoms with Crippen molar-refractivity contribution in [2.24, 2.45) is 0 Å². The molecule has 0 radical (unpaired) electrons. The van der Waals surface area contributed by atoms with Gasteiger partial charge in [0, 0.05) is 36.1 Å². The lowest BCUT2D eigenvalue weighted by Gasteiger charge is -2.11. The molecule has 0 spiro atoms. The van der Waals surface area contributed by atoms with Gasteiger partial charge in [0.1, 0.15) is 5.75 Å². The van der Waals surface area contributed by atoms with E-state index in [2.05, 4.69) is 22.4 Å². The Morgan fingerprint density at radius 2 is 1.69 bits per heavy atom. The predicted molar refractivity (Wildman–Crippen MR) is 121 cm³/mol. The highest BCUT2D eigenvalue weighted by Gasteiger charge is 2.30. The Balaban J connectivity index is 1.62. The molecule has 0 aliphatic heterocycles. The molecule has 4 aromatic rings. The summed E-state index contributed by atoms with van der Waals surface area (Å²) in [6, 6.07) is 19.2. The Hall–Kier alpha value is -2.96. The smallest absolute Gasteiger partial charge is 0.416 e. The normalized spacial score (nSPS) is 11.8. The maximum atomic E-state index is 13.0. The van der Waals surface area contributed by atoms with Crippen LogP contribution in [-0.2, 0) is 25.7 Å². The molecule has 3 nitrogen and oxygen atoms in total. The second kappa shape index (κ2) is 9.27. The van der Waals surface area contributed by atoms with Gasteiger partial charge >= 0.3 is 6.18 Å². The van der Waals surface area contributed by atoms with E-state index < -0.39 is 11.7 Å². The lowest BCUT2D eigenvalue weighted by Crippen LogP contribution is -2.14. The fraction of sp³-hybridized carbons (Fsp3) is 0.200. The monoisotopic (exact) mass is 458 g/mol. The predicted octanol–water partition coefficient (Wildman–Crippen LogP) is 6.73. The van der Waals surface area contributed by atoms with E-state index in [-0.39, 0.29) is 0 Å². The summed E-state index contributed by atoms with van der Waals surface area (Å²) in [4.78, 5) is 3.45. The molecule has 7 heteroatoms. The molecule has 0 aliphatic rings. The Morgan fingerprint density at radius 1 is 0.938 bits per heavy atom. The third-order valence-electron chi connectivity index (χ3n) is 5.38. The summed E-state index contributed by atoms with van der Waals surface area (Å²) < 4.78 is 44.4. The van der Waals surface area contributed by atoms with Crippen LogP contribution in [-0.4, -0.2) is 12.1 Å². The average Bonchev–Trinajstić information content (AvgIpc) is 3.09. The van der Waals surface area contributed by atoms with E-state index in [0.29, 0.717) is 35.8 Å². The molecule has 2 N–H and O–H groups in total. The summed E-state index contributed by atoms with van der Waals surface area (Å²) in [5.74, 6) is 0.573. The number of alkyl halides is 3. The standard InChI is InChI=1S/C25H22ClF3N2O/c1-32-24-12-19-20(15-30-14-17-8-5-9-18(10-17)25(27,28)29)22(31-23(19)13-21(24)26)11-16-6-3-2-4-7-16/h2-10,12-13,30-31H,11,14-15H2,1H3. The van der Waals surface area contributed by atoms with Crippen molar-refractivity contribution >= 4 is 22.5 Å². The van der Waals surface area contributed by atoms with Crippen molar-refractivity contribution < 1.29 is 17.9 Å². The van der Waals surface area contributed by atoms with E-state index in [9.17, 15) is 13.2 Å². The topological polar surface area (TPSA) is 37.0 Å². The van der Waals surface area contributed by atoms with Crippen LogP contribution in [0.1, 0.15) is 27.9 Å². The molecule has 0 atom stereocenters. The van der Waals surface area contributed by atoms with Crippen LogP contribution < -0.4 is 10.1 Å². The number of fused-ring (bicyclic) bond motifs is 1. The summed E-state index contributed by atoms with van der Waals surface area (Å²) in [6.07, 6.45) is -3.67. The molecule has 0 amide bonds. The number of hydrogen-bond acceptors (Lipinski definition) is 2. The molecule has 0 unspecified atom stereocenters. The number of rotatable bonds is 7. The summed E-state index contributed by atoms with van der Waals surface area (Å²) in [5, 5.41) is 4.77. The van der Waals surface area contributed by atoms with Crippen LogP contribution in [0, 0.1) is 0 Å². The Kier molecular flexibility index (Phi) is 6.44. The highest BCUT2D eigenvalue weighted by Crippen LogP contribution is 2.34. The molecule has 0 aliphatic carbocycles. The van der Waals surface area contributed by atoms with Crippen molar-refractivity contribution in [2.75, 3.05) is 7.11 Å². The minimum Gasteiger partial charge on any atom is -0.495 e. The zero-order valence-electron chi connectivity index (χ0n) is 17.4. The van der Waals surface area contributed by atoms with Gasteiger partial charge in [-0.3, -0.25) is 0 Å². The fourth-order valence-corrected chi connectivity index (χ4v) is 4.05. The zero-order valence-corrected chi connectivity index (χ0v) is 18.1. The maximum Gasteiger partial charge on any atom is 0.416 e. The van der Waals surface area contributed by atoms with Crippen LogP contribution in [0.15, 0.2) is 66.7 Å². The zero-order chi connectivity index (χ0) is 22.7. The summed E-state index contributed by atoms with van der Waals surface area (Å²) >= 11 is 6.31. The van der Waals surface area contributed by atoms with E-state index in [0.717, 1.165) is 33.8 Å². The van der Waals surface area contributed by atoms with Crippen LogP contribution in [0.25, 0.3) is 10.9 Å². The van der Waals surface area contributed by atoms with Crippen LogP contribution in [0.5, 0.6) is 5.75 Å². The van der Waals surface area contributed by atoms with Crippen molar-refractivity contribution in [1.29, 1.82) is 0 Å². The number of aromatic nitrogens is 1. The third kappa shape index (κ3) is 4.92. The van der Waals surface area contributed by atoms with E-state index >= 15 is 0 Å². The number of hydrogen-bond donors (Lipinski definition) is 2. The molecule has 0 fully saturated rings. The van der Waals surface area contributed by atoms with Crippen LogP contribution >= 0.6 is 11.6 Å². The van der Waals surface area contributed by atoms with E-state index in [4.69, 9.17) is 16.3 Å². The quantitative estimate of drug-likeness (QED) is 0.322. The van der Waals surface area contributed by atoms with Gasteiger partial charge in [-0.2, -0.15) is 13.2 Å². The third-order valence-corrected chi connectivity index (χ3v) is 5.67. The first-order valence-corrected chi connectivity index (χ1v) is 10.5. The van der Waals surface area contributed by atoms with E-state index in [1.807, 2.05) is 30.3 Å².